The number of rotatable bonds is 7. The van der Waals surface area contributed by atoms with Crippen LogP contribution in [0, 0.1) is 6.92 Å². The van der Waals surface area contributed by atoms with E-state index in [1.54, 1.807) is 0 Å². The molecule has 0 saturated carbocycles. The van der Waals surface area contributed by atoms with E-state index in [0.29, 0.717) is 0 Å². The minimum Gasteiger partial charge on any atom is -0.357 e. The highest BCUT2D eigenvalue weighted by Crippen LogP contribution is 2.03. The average molecular weight is 298 g/mol. The molecule has 22 heavy (non-hydrogen) atoms. The smallest absolute Gasteiger partial charge is 0.191 e. The summed E-state index contributed by atoms with van der Waals surface area (Å²) in [5.41, 5.74) is 2.63. The molecule has 0 unspecified atom stereocenters. The number of guanidine groups is 1. The summed E-state index contributed by atoms with van der Waals surface area (Å²) in [6.45, 7) is 7.67. The number of aliphatic imine (C=N–C) groups is 1. The number of hydrogen-bond donors (Lipinski definition) is 2. The van der Waals surface area contributed by atoms with Crippen molar-refractivity contribution in [2.24, 2.45) is 4.99 Å². The van der Waals surface area contributed by atoms with E-state index in [4.69, 9.17) is 0 Å². The van der Waals surface area contributed by atoms with E-state index in [1.165, 1.54) is 11.1 Å². The van der Waals surface area contributed by atoms with Crippen LogP contribution in [0.3, 0.4) is 0 Å². The largest absolute Gasteiger partial charge is 0.357 e. The molecule has 1 aromatic carbocycles. The Morgan fingerprint density at radius 3 is 2.50 bits per heavy atom. The Morgan fingerprint density at radius 2 is 1.82 bits per heavy atom. The molecule has 0 spiro atoms. The highest BCUT2D eigenvalue weighted by atomic mass is 15.2. The SMILES string of the molecule is CCNC(=NCCc1ccc(C)cc1)NCCn1cccc1. The van der Waals surface area contributed by atoms with Gasteiger partial charge in [-0.05, 0) is 38.0 Å². The first-order valence-electron chi connectivity index (χ1n) is 7.96. The van der Waals surface area contributed by atoms with Crippen LogP contribution in [0.25, 0.3) is 0 Å². The number of nitrogens with one attached hydrogen (secondary N) is 2. The Labute approximate surface area is 133 Å². The molecule has 0 saturated heterocycles. The predicted molar refractivity (Wildman–Crippen MR) is 93.3 cm³/mol. The lowest BCUT2D eigenvalue weighted by Gasteiger charge is -2.11. The van der Waals surface area contributed by atoms with E-state index in [-0.39, 0.29) is 0 Å². The Kier molecular flexibility index (Phi) is 6.55. The van der Waals surface area contributed by atoms with Crippen molar-refractivity contribution in [3.63, 3.8) is 0 Å². The molecular weight excluding hydrogens is 272 g/mol. The summed E-state index contributed by atoms with van der Waals surface area (Å²) < 4.78 is 2.16. The van der Waals surface area contributed by atoms with Crippen molar-refractivity contribution in [1.29, 1.82) is 0 Å². The van der Waals surface area contributed by atoms with Crippen LogP contribution in [0.4, 0.5) is 0 Å². The maximum Gasteiger partial charge on any atom is 0.191 e. The van der Waals surface area contributed by atoms with Crippen LogP contribution < -0.4 is 10.6 Å². The molecule has 0 fully saturated rings. The molecule has 118 valence electrons. The Morgan fingerprint density at radius 1 is 1.09 bits per heavy atom. The molecule has 0 aliphatic rings. The lowest BCUT2D eigenvalue weighted by Crippen LogP contribution is -2.39. The number of nitrogens with zero attached hydrogens (tertiary/aromatic N) is 2. The molecule has 0 radical (unpaired) electrons. The van der Waals surface area contributed by atoms with Gasteiger partial charge < -0.3 is 15.2 Å². The van der Waals surface area contributed by atoms with Crippen LogP contribution in [-0.4, -0.2) is 30.2 Å². The lowest BCUT2D eigenvalue weighted by atomic mass is 10.1. The second kappa shape index (κ2) is 8.93. The third-order valence-corrected chi connectivity index (χ3v) is 3.46. The van der Waals surface area contributed by atoms with Crippen LogP contribution >= 0.6 is 0 Å². The summed E-state index contributed by atoms with van der Waals surface area (Å²) in [6.07, 6.45) is 5.11. The molecule has 0 bridgehead atoms. The van der Waals surface area contributed by atoms with Gasteiger partial charge in [-0.1, -0.05) is 29.8 Å². The van der Waals surface area contributed by atoms with Gasteiger partial charge >= 0.3 is 0 Å². The molecule has 4 heteroatoms. The summed E-state index contributed by atoms with van der Waals surface area (Å²) >= 11 is 0. The molecule has 1 heterocycles. The van der Waals surface area contributed by atoms with Crippen LogP contribution in [0.15, 0.2) is 53.8 Å². The Bertz CT molecular complexity index is 555. The first kappa shape index (κ1) is 16.1. The standard InChI is InChI=1S/C18H26N4/c1-3-19-18(21-12-15-22-13-4-5-14-22)20-11-10-17-8-6-16(2)7-9-17/h4-9,13-14H,3,10-12,15H2,1-2H3,(H2,19,20,21). The molecule has 0 amide bonds. The zero-order chi connectivity index (χ0) is 15.6. The van der Waals surface area contributed by atoms with E-state index in [0.717, 1.165) is 38.6 Å². The van der Waals surface area contributed by atoms with Gasteiger partial charge in [0.05, 0.1) is 0 Å². The fraction of sp³-hybridized carbons (Fsp3) is 0.389. The summed E-state index contributed by atoms with van der Waals surface area (Å²) in [6, 6.07) is 12.7. The van der Waals surface area contributed by atoms with E-state index in [2.05, 4.69) is 70.7 Å². The molecule has 2 aromatic rings. The highest BCUT2D eigenvalue weighted by Gasteiger charge is 1.97. The van der Waals surface area contributed by atoms with E-state index in [1.807, 2.05) is 12.1 Å². The maximum atomic E-state index is 4.64. The zero-order valence-corrected chi connectivity index (χ0v) is 13.5. The van der Waals surface area contributed by atoms with E-state index < -0.39 is 0 Å². The van der Waals surface area contributed by atoms with Crippen molar-refractivity contribution in [3.05, 3.63) is 59.9 Å². The van der Waals surface area contributed by atoms with Gasteiger partial charge in [-0.25, -0.2) is 0 Å². The van der Waals surface area contributed by atoms with Gasteiger partial charge in [-0.3, -0.25) is 4.99 Å². The second-order valence-electron chi connectivity index (χ2n) is 5.34. The molecule has 4 nitrogen and oxygen atoms in total. The quantitative estimate of drug-likeness (QED) is 0.609. The van der Waals surface area contributed by atoms with Gasteiger partial charge in [0.25, 0.3) is 0 Å². The topological polar surface area (TPSA) is 41.4 Å². The molecular formula is C18H26N4. The molecule has 1 aromatic heterocycles. The minimum atomic E-state index is 0.794. The van der Waals surface area contributed by atoms with Crippen LogP contribution in [0.5, 0.6) is 0 Å². The predicted octanol–water partition coefficient (Wildman–Crippen LogP) is 2.59. The van der Waals surface area contributed by atoms with Crippen LogP contribution in [0.2, 0.25) is 0 Å². The van der Waals surface area contributed by atoms with E-state index >= 15 is 0 Å². The molecule has 2 N–H and O–H groups in total. The monoisotopic (exact) mass is 298 g/mol. The van der Waals surface area contributed by atoms with Crippen molar-refractivity contribution in [2.45, 2.75) is 26.8 Å². The Balaban J connectivity index is 1.77. The van der Waals surface area contributed by atoms with Gasteiger partial charge in [0, 0.05) is 38.6 Å². The van der Waals surface area contributed by atoms with Crippen molar-refractivity contribution < 1.29 is 0 Å². The van der Waals surface area contributed by atoms with Gasteiger partial charge in [0.15, 0.2) is 5.96 Å². The first-order valence-corrected chi connectivity index (χ1v) is 7.96. The number of hydrogen-bond acceptors (Lipinski definition) is 1. The highest BCUT2D eigenvalue weighted by molar-refractivity contribution is 5.79. The molecule has 0 aliphatic carbocycles. The third-order valence-electron chi connectivity index (χ3n) is 3.46. The van der Waals surface area contributed by atoms with Gasteiger partial charge in [0.2, 0.25) is 0 Å². The molecule has 0 atom stereocenters. The first-order chi connectivity index (χ1) is 10.8. The van der Waals surface area contributed by atoms with Crippen LogP contribution in [0.1, 0.15) is 18.1 Å². The van der Waals surface area contributed by atoms with Gasteiger partial charge in [0.1, 0.15) is 0 Å². The second-order valence-corrected chi connectivity index (χ2v) is 5.34. The number of benzene rings is 1. The number of aromatic nitrogens is 1. The van der Waals surface area contributed by atoms with Crippen molar-refractivity contribution >= 4 is 5.96 Å². The summed E-state index contributed by atoms with van der Waals surface area (Å²) in [4.78, 5) is 4.64. The van der Waals surface area contributed by atoms with Gasteiger partial charge in [-0.2, -0.15) is 0 Å². The number of aryl methyl sites for hydroxylation is 1. The van der Waals surface area contributed by atoms with Crippen LogP contribution in [-0.2, 0) is 13.0 Å². The fourth-order valence-corrected chi connectivity index (χ4v) is 2.22. The summed E-state index contributed by atoms with van der Waals surface area (Å²) in [5, 5.41) is 6.66. The summed E-state index contributed by atoms with van der Waals surface area (Å²) in [5.74, 6) is 0.891. The molecule has 2 rings (SSSR count). The third kappa shape index (κ3) is 5.64. The zero-order valence-electron chi connectivity index (χ0n) is 13.5. The van der Waals surface area contributed by atoms with Crippen molar-refractivity contribution in [2.75, 3.05) is 19.6 Å². The fourth-order valence-electron chi connectivity index (χ4n) is 2.22. The minimum absolute atomic E-state index is 0.794. The maximum absolute atomic E-state index is 4.64. The van der Waals surface area contributed by atoms with Gasteiger partial charge in [-0.15, -0.1) is 0 Å². The average Bonchev–Trinajstić information content (AvgIpc) is 3.02. The van der Waals surface area contributed by atoms with Crippen molar-refractivity contribution in [3.8, 4) is 0 Å². The normalized spacial score (nSPS) is 11.5. The molecule has 0 aliphatic heterocycles. The Hall–Kier alpha value is -2.23. The lowest BCUT2D eigenvalue weighted by molar-refractivity contribution is 0.665. The van der Waals surface area contributed by atoms with E-state index in [9.17, 15) is 0 Å². The summed E-state index contributed by atoms with van der Waals surface area (Å²) in [7, 11) is 0. The van der Waals surface area contributed by atoms with Crippen molar-refractivity contribution in [1.82, 2.24) is 15.2 Å².